The first-order valence-electron chi connectivity index (χ1n) is 4.31. The zero-order chi connectivity index (χ0) is 7.61. The zero-order valence-electron chi connectivity index (χ0n) is 7.41. The second kappa shape index (κ2) is 2.31. The molecule has 0 bridgehead atoms. The van der Waals surface area contributed by atoms with Gasteiger partial charge in [0.25, 0.3) is 0 Å². The summed E-state index contributed by atoms with van der Waals surface area (Å²) in [4.78, 5) is 0. The smallest absolute Gasteiger partial charge is 0.0234 e. The van der Waals surface area contributed by atoms with Crippen LogP contribution < -0.4 is 5.32 Å². The molecule has 0 aliphatic carbocycles. The topological polar surface area (TPSA) is 12.0 Å². The summed E-state index contributed by atoms with van der Waals surface area (Å²) in [5, 5.41) is 3.08. The van der Waals surface area contributed by atoms with Crippen molar-refractivity contribution in [2.45, 2.75) is 19.7 Å². The summed E-state index contributed by atoms with van der Waals surface area (Å²) in [7, 11) is 0. The van der Waals surface area contributed by atoms with Crippen LogP contribution in [0.1, 0.15) is 23.8 Å². The van der Waals surface area contributed by atoms with Crippen LogP contribution in [0.2, 0.25) is 0 Å². The van der Waals surface area contributed by atoms with Gasteiger partial charge in [0.2, 0.25) is 0 Å². The first-order valence-corrected chi connectivity index (χ1v) is 2.81. The first-order chi connectivity index (χ1) is 4.61. The molecule has 7 heavy (non-hydrogen) atoms. The molecule has 42 valence electrons. The quantitative estimate of drug-likeness (QED) is 0.481. The van der Waals surface area contributed by atoms with Crippen LogP contribution in [0.5, 0.6) is 0 Å². The Balaban J connectivity index is 2.39. The lowest BCUT2D eigenvalue weighted by molar-refractivity contribution is 0.405. The van der Waals surface area contributed by atoms with Crippen molar-refractivity contribution in [3.8, 4) is 0 Å². The molecule has 1 aliphatic rings. The van der Waals surface area contributed by atoms with E-state index in [4.69, 9.17) is 4.11 Å². The third-order valence-electron chi connectivity index (χ3n) is 1.30. The number of piperidine rings is 1. The monoisotopic (exact) mass is 102 g/mol. The second-order valence-electron chi connectivity index (χ2n) is 2.04. The molecule has 0 saturated carbocycles. The molecule has 1 aliphatic heterocycles. The lowest BCUT2D eigenvalue weighted by atomic mass is 10.0. The minimum atomic E-state index is -1.74. The highest BCUT2D eigenvalue weighted by molar-refractivity contribution is 4.63. The van der Waals surface area contributed by atoms with E-state index in [1.54, 1.807) is 0 Å². The lowest BCUT2D eigenvalue weighted by Gasteiger charge is -2.17. The van der Waals surface area contributed by atoms with Gasteiger partial charge in [-0.25, -0.2) is 0 Å². The van der Waals surface area contributed by atoms with Crippen molar-refractivity contribution in [1.29, 1.82) is 0 Å². The van der Waals surface area contributed by atoms with Crippen molar-refractivity contribution in [1.82, 2.24) is 5.32 Å². The van der Waals surface area contributed by atoms with Gasteiger partial charge in [0.15, 0.2) is 0 Å². The molecule has 1 heteroatoms. The van der Waals surface area contributed by atoms with Gasteiger partial charge in [-0.15, -0.1) is 0 Å². The molecule has 1 saturated heterocycles. The predicted molar refractivity (Wildman–Crippen MR) is 31.3 cm³/mol. The Kier molecular flexibility index (Phi) is 0.824. The highest BCUT2D eigenvalue weighted by Gasteiger charge is 2.04. The summed E-state index contributed by atoms with van der Waals surface area (Å²) >= 11 is 0. The number of nitrogens with one attached hydrogen (secondary N) is 1. The Morgan fingerprint density at radius 3 is 3.29 bits per heavy atom. The minimum absolute atomic E-state index is 0.110. The molecule has 0 amide bonds. The van der Waals surface area contributed by atoms with E-state index in [0.29, 0.717) is 6.54 Å². The number of hydrogen-bond donors (Lipinski definition) is 1. The van der Waals surface area contributed by atoms with E-state index in [1.165, 1.54) is 0 Å². The molecule has 0 aromatic heterocycles. The van der Waals surface area contributed by atoms with Crippen molar-refractivity contribution in [3.05, 3.63) is 0 Å². The summed E-state index contributed by atoms with van der Waals surface area (Å²) in [5.74, 6) is -0.110. The highest BCUT2D eigenvalue weighted by Crippen LogP contribution is 2.06. The number of hydrogen-bond acceptors (Lipinski definition) is 1. The SMILES string of the molecule is [2H]C([2H])([2H])C1CCCNC1. The third-order valence-corrected chi connectivity index (χ3v) is 1.30. The maximum Gasteiger partial charge on any atom is 0.0234 e. The molecule has 1 fully saturated rings. The fraction of sp³-hybridized carbons (Fsp3) is 1.00. The van der Waals surface area contributed by atoms with Crippen molar-refractivity contribution in [2.24, 2.45) is 5.92 Å². The molecule has 1 heterocycles. The van der Waals surface area contributed by atoms with Crippen molar-refractivity contribution in [3.63, 3.8) is 0 Å². The summed E-state index contributed by atoms with van der Waals surface area (Å²) in [6.45, 7) is -0.101. The van der Waals surface area contributed by atoms with Crippen LogP contribution in [0.4, 0.5) is 0 Å². The van der Waals surface area contributed by atoms with E-state index in [-0.39, 0.29) is 5.92 Å². The van der Waals surface area contributed by atoms with E-state index >= 15 is 0 Å². The lowest BCUT2D eigenvalue weighted by Crippen LogP contribution is -2.27. The maximum absolute atomic E-state index is 7.12. The zero-order valence-corrected chi connectivity index (χ0v) is 4.41. The molecule has 0 spiro atoms. The molecule has 1 N–H and O–H groups in total. The molecular formula is C6H13N. The van der Waals surface area contributed by atoms with Gasteiger partial charge in [-0.1, -0.05) is 6.85 Å². The fourth-order valence-electron chi connectivity index (χ4n) is 0.852. The Morgan fingerprint density at radius 2 is 2.86 bits per heavy atom. The largest absolute Gasteiger partial charge is 0.316 e. The molecular weight excluding hydrogens is 86.1 g/mol. The van der Waals surface area contributed by atoms with Crippen LogP contribution in [0.15, 0.2) is 0 Å². The Morgan fingerprint density at radius 1 is 1.86 bits per heavy atom. The van der Waals surface area contributed by atoms with Gasteiger partial charge >= 0.3 is 0 Å². The highest BCUT2D eigenvalue weighted by atomic mass is 14.9. The summed E-state index contributed by atoms with van der Waals surface area (Å²) in [5.41, 5.74) is 0. The molecule has 1 rings (SSSR count). The Bertz CT molecular complexity index is 104. The van der Waals surface area contributed by atoms with Crippen molar-refractivity contribution < 1.29 is 4.11 Å². The van der Waals surface area contributed by atoms with Gasteiger partial charge in [-0.05, 0) is 31.8 Å². The molecule has 0 aromatic rings. The van der Waals surface area contributed by atoms with Crippen molar-refractivity contribution in [2.75, 3.05) is 13.1 Å². The van der Waals surface area contributed by atoms with Crippen LogP contribution in [0.25, 0.3) is 0 Å². The van der Waals surface area contributed by atoms with E-state index in [0.717, 1.165) is 19.4 Å². The molecule has 1 nitrogen and oxygen atoms in total. The first kappa shape index (κ1) is 2.49. The summed E-state index contributed by atoms with van der Waals surface area (Å²) in [6, 6.07) is 0. The average molecular weight is 102 g/mol. The van der Waals surface area contributed by atoms with Gasteiger partial charge < -0.3 is 5.32 Å². The van der Waals surface area contributed by atoms with E-state index in [2.05, 4.69) is 5.32 Å². The molecule has 0 radical (unpaired) electrons. The van der Waals surface area contributed by atoms with Gasteiger partial charge in [0, 0.05) is 4.11 Å². The Labute approximate surface area is 49.3 Å². The van der Waals surface area contributed by atoms with Crippen LogP contribution in [-0.4, -0.2) is 13.1 Å². The third kappa shape index (κ3) is 1.48. The van der Waals surface area contributed by atoms with Crippen LogP contribution in [-0.2, 0) is 0 Å². The molecule has 1 atom stereocenters. The van der Waals surface area contributed by atoms with Crippen molar-refractivity contribution >= 4 is 0 Å². The maximum atomic E-state index is 7.12. The summed E-state index contributed by atoms with van der Waals surface area (Å²) < 4.78 is 21.4. The van der Waals surface area contributed by atoms with Gasteiger partial charge in [-0.3, -0.25) is 0 Å². The van der Waals surface area contributed by atoms with E-state index in [9.17, 15) is 0 Å². The predicted octanol–water partition coefficient (Wildman–Crippen LogP) is 1.01. The second-order valence-corrected chi connectivity index (χ2v) is 2.04. The Hall–Kier alpha value is -0.0400. The van der Waals surface area contributed by atoms with Gasteiger partial charge in [-0.2, -0.15) is 0 Å². The van der Waals surface area contributed by atoms with Crippen LogP contribution in [0.3, 0.4) is 0 Å². The standard InChI is InChI=1S/C6H13N/c1-6-3-2-4-7-5-6/h6-7H,2-5H2,1H3/i1D3. The van der Waals surface area contributed by atoms with E-state index < -0.39 is 6.85 Å². The van der Waals surface area contributed by atoms with Crippen LogP contribution >= 0.6 is 0 Å². The number of rotatable bonds is 0. The minimum Gasteiger partial charge on any atom is -0.316 e. The fourth-order valence-corrected chi connectivity index (χ4v) is 0.852. The molecule has 0 aromatic carbocycles. The van der Waals surface area contributed by atoms with E-state index in [1.807, 2.05) is 0 Å². The molecule has 1 unspecified atom stereocenters. The normalized spacial score (nSPS) is 41.1. The van der Waals surface area contributed by atoms with Gasteiger partial charge in [0.05, 0.1) is 0 Å². The average Bonchev–Trinajstić information content (AvgIpc) is 1.88. The van der Waals surface area contributed by atoms with Crippen LogP contribution in [0, 0.1) is 5.92 Å². The summed E-state index contributed by atoms with van der Waals surface area (Å²) in [6.07, 6.45) is 1.85. The van der Waals surface area contributed by atoms with Gasteiger partial charge in [0.1, 0.15) is 0 Å².